The minimum Gasteiger partial charge on any atom is -0.460 e. The summed E-state index contributed by atoms with van der Waals surface area (Å²) in [5.41, 5.74) is 1.63. The lowest BCUT2D eigenvalue weighted by molar-refractivity contribution is -0.142. The average Bonchev–Trinajstić information content (AvgIpc) is 3.56. The molecule has 0 spiro atoms. The molecule has 0 bridgehead atoms. The van der Waals surface area contributed by atoms with Crippen LogP contribution in [0.4, 0.5) is 0 Å². The number of aromatic nitrogens is 6. The smallest absolute Gasteiger partial charge is 0.332 e. The van der Waals surface area contributed by atoms with Crippen LogP contribution < -0.4 is 0 Å². The van der Waals surface area contributed by atoms with Crippen LogP contribution in [0.25, 0.3) is 35.2 Å². The molecule has 0 unspecified atom stereocenters. The predicted octanol–water partition coefficient (Wildman–Crippen LogP) is 6.04. The van der Waals surface area contributed by atoms with Gasteiger partial charge in [0.15, 0.2) is 11.6 Å². The minimum atomic E-state index is -0.417. The van der Waals surface area contributed by atoms with E-state index in [2.05, 4.69) is 20.2 Å². The largest absolute Gasteiger partial charge is 0.460 e. The summed E-state index contributed by atoms with van der Waals surface area (Å²) in [6.45, 7) is 7.16. The monoisotopic (exact) mass is 582 g/mol. The first-order valence-corrected chi connectivity index (χ1v) is 13.0. The second kappa shape index (κ2) is 14.8. The van der Waals surface area contributed by atoms with E-state index in [0.29, 0.717) is 21.7 Å². The number of rotatable bonds is 8. The van der Waals surface area contributed by atoms with E-state index in [0.717, 1.165) is 11.1 Å². The Bertz CT molecular complexity index is 1380. The number of benzene rings is 2. The Hall–Kier alpha value is -4.28. The number of hydrogen-bond donors (Lipinski definition) is 0. The van der Waals surface area contributed by atoms with Gasteiger partial charge in [-0.15, -0.1) is 10.2 Å². The zero-order chi connectivity index (χ0) is 29.1. The molecule has 0 radical (unpaired) electrons. The highest BCUT2D eigenvalue weighted by Gasteiger charge is 2.06. The maximum Gasteiger partial charge on any atom is 0.332 e. The zero-order valence-electron chi connectivity index (χ0n) is 22.3. The molecule has 208 valence electrons. The SMILES string of the molecule is CC(C)OC(=O)/C=C/n1cnc(-c2cccc(Cl)c2)n1.CC(C)OC(=O)/C=C\n1cnc(-c2cccc(Cl)c2)n1. The van der Waals surface area contributed by atoms with Crippen LogP contribution in [0.3, 0.4) is 0 Å². The predicted molar refractivity (Wildman–Crippen MR) is 154 cm³/mol. The van der Waals surface area contributed by atoms with Crippen LogP contribution in [0, 0.1) is 0 Å². The fraction of sp³-hybridized carbons (Fsp3) is 0.214. The van der Waals surface area contributed by atoms with E-state index >= 15 is 0 Å². The second-order valence-corrected chi connectivity index (χ2v) is 9.59. The van der Waals surface area contributed by atoms with Crippen LogP contribution >= 0.6 is 23.2 Å². The van der Waals surface area contributed by atoms with Crippen LogP contribution in [0.15, 0.2) is 73.3 Å². The molecule has 0 atom stereocenters. The Balaban J connectivity index is 0.000000220. The summed E-state index contributed by atoms with van der Waals surface area (Å²) in [6.07, 6.45) is 8.31. The highest BCUT2D eigenvalue weighted by atomic mass is 35.5. The normalized spacial score (nSPS) is 11.2. The fourth-order valence-electron chi connectivity index (χ4n) is 3.03. The number of carbonyl (C=O) groups excluding carboxylic acids is 2. The van der Waals surface area contributed by atoms with Crippen molar-refractivity contribution >= 4 is 47.5 Å². The summed E-state index contributed by atoms with van der Waals surface area (Å²) < 4.78 is 12.8. The summed E-state index contributed by atoms with van der Waals surface area (Å²) >= 11 is 11.8. The average molecular weight is 583 g/mol. The fourth-order valence-corrected chi connectivity index (χ4v) is 3.41. The van der Waals surface area contributed by atoms with Gasteiger partial charge < -0.3 is 9.47 Å². The van der Waals surface area contributed by atoms with Gasteiger partial charge in [0.05, 0.1) is 12.2 Å². The van der Waals surface area contributed by atoms with Crippen LogP contribution in [-0.2, 0) is 19.1 Å². The number of esters is 2. The molecule has 10 nitrogen and oxygen atoms in total. The molecule has 2 aromatic heterocycles. The molecule has 0 amide bonds. The van der Waals surface area contributed by atoms with Gasteiger partial charge in [0.25, 0.3) is 0 Å². The van der Waals surface area contributed by atoms with Crippen molar-refractivity contribution in [2.24, 2.45) is 0 Å². The highest BCUT2D eigenvalue weighted by molar-refractivity contribution is 6.31. The van der Waals surface area contributed by atoms with Crippen molar-refractivity contribution in [3.63, 3.8) is 0 Å². The summed E-state index contributed by atoms with van der Waals surface area (Å²) in [4.78, 5) is 31.0. The molecule has 2 aromatic carbocycles. The number of ether oxygens (including phenoxy) is 2. The first kappa shape index (κ1) is 30.3. The molecule has 0 saturated heterocycles. The summed E-state index contributed by atoms with van der Waals surface area (Å²) in [5.74, 6) is 0.239. The Morgan fingerprint density at radius 2 is 1.12 bits per heavy atom. The van der Waals surface area contributed by atoms with E-state index < -0.39 is 11.9 Å². The van der Waals surface area contributed by atoms with Gasteiger partial charge >= 0.3 is 11.9 Å². The van der Waals surface area contributed by atoms with Gasteiger partial charge in [0.1, 0.15) is 12.7 Å². The maximum atomic E-state index is 11.4. The van der Waals surface area contributed by atoms with Gasteiger partial charge in [0, 0.05) is 45.7 Å². The molecule has 2 heterocycles. The third-order valence-electron chi connectivity index (χ3n) is 4.61. The van der Waals surface area contributed by atoms with Crippen LogP contribution in [0.5, 0.6) is 0 Å². The van der Waals surface area contributed by atoms with Crippen molar-refractivity contribution in [2.75, 3.05) is 0 Å². The van der Waals surface area contributed by atoms with Crippen molar-refractivity contribution in [2.45, 2.75) is 39.9 Å². The van der Waals surface area contributed by atoms with Crippen molar-refractivity contribution in [3.05, 3.63) is 83.4 Å². The first-order chi connectivity index (χ1) is 19.1. The van der Waals surface area contributed by atoms with Crippen molar-refractivity contribution < 1.29 is 19.1 Å². The Morgan fingerprint density at radius 3 is 1.48 bits per heavy atom. The van der Waals surface area contributed by atoms with Crippen molar-refractivity contribution in [1.29, 1.82) is 0 Å². The third-order valence-corrected chi connectivity index (χ3v) is 5.08. The van der Waals surface area contributed by atoms with Crippen molar-refractivity contribution in [1.82, 2.24) is 29.5 Å². The minimum absolute atomic E-state index is 0.148. The van der Waals surface area contributed by atoms with Gasteiger partial charge in [-0.25, -0.2) is 28.9 Å². The van der Waals surface area contributed by atoms with Crippen LogP contribution in [0.1, 0.15) is 27.7 Å². The summed E-state index contributed by atoms with van der Waals surface area (Å²) in [6, 6.07) is 14.5. The Labute approximate surface area is 241 Å². The lowest BCUT2D eigenvalue weighted by Gasteiger charge is -2.03. The van der Waals surface area contributed by atoms with E-state index in [1.165, 1.54) is 46.6 Å². The second-order valence-electron chi connectivity index (χ2n) is 8.72. The van der Waals surface area contributed by atoms with Crippen LogP contribution in [-0.4, -0.2) is 53.7 Å². The highest BCUT2D eigenvalue weighted by Crippen LogP contribution is 2.20. The maximum absolute atomic E-state index is 11.4. The zero-order valence-corrected chi connectivity index (χ0v) is 23.8. The molecule has 12 heteroatoms. The Kier molecular flexibility index (Phi) is 11.2. The lowest BCUT2D eigenvalue weighted by atomic mass is 10.2. The molecule has 0 N–H and O–H groups in total. The molecule has 0 aliphatic rings. The van der Waals surface area contributed by atoms with Gasteiger partial charge in [-0.3, -0.25) is 0 Å². The van der Waals surface area contributed by atoms with Gasteiger partial charge in [0.2, 0.25) is 0 Å². The Morgan fingerprint density at radius 1 is 0.725 bits per heavy atom. The molecule has 4 rings (SSSR count). The van der Waals surface area contributed by atoms with Crippen LogP contribution in [0.2, 0.25) is 10.0 Å². The van der Waals surface area contributed by atoms with E-state index in [9.17, 15) is 9.59 Å². The first-order valence-electron chi connectivity index (χ1n) is 12.2. The van der Waals surface area contributed by atoms with Gasteiger partial charge in [-0.05, 0) is 52.0 Å². The quantitative estimate of drug-likeness (QED) is 0.182. The number of carbonyl (C=O) groups is 2. The number of halogens is 2. The lowest BCUT2D eigenvalue weighted by Crippen LogP contribution is -2.08. The van der Waals surface area contributed by atoms with E-state index in [-0.39, 0.29) is 12.2 Å². The van der Waals surface area contributed by atoms with Gasteiger partial charge in [-0.1, -0.05) is 47.5 Å². The molecule has 4 aromatic rings. The molecule has 40 heavy (non-hydrogen) atoms. The van der Waals surface area contributed by atoms with Gasteiger partial charge in [-0.2, -0.15) is 0 Å². The summed E-state index contributed by atoms with van der Waals surface area (Å²) in [7, 11) is 0. The summed E-state index contributed by atoms with van der Waals surface area (Å²) in [5, 5.41) is 9.69. The molecular weight excluding hydrogens is 555 g/mol. The standard InChI is InChI=1S/2C14H14ClN3O2/c2*1-10(2)20-13(19)6-7-18-9-16-14(17-18)11-4-3-5-12(15)8-11/h2*3-10H,1-2H3/b7-6+;7-6-. The topological polar surface area (TPSA) is 114 Å². The van der Waals surface area contributed by atoms with Crippen molar-refractivity contribution in [3.8, 4) is 22.8 Å². The molecular formula is C28H28Cl2N6O4. The third kappa shape index (κ3) is 10.1. The number of nitrogens with zero attached hydrogens (tertiary/aromatic N) is 6. The van der Waals surface area contributed by atoms with E-state index in [4.69, 9.17) is 32.7 Å². The molecule has 0 saturated carbocycles. The molecule has 0 fully saturated rings. The van der Waals surface area contributed by atoms with E-state index in [1.54, 1.807) is 52.0 Å². The van der Waals surface area contributed by atoms with E-state index in [1.807, 2.05) is 24.3 Å². The molecule has 0 aliphatic carbocycles. The number of hydrogen-bond acceptors (Lipinski definition) is 8. The molecule has 0 aliphatic heterocycles.